The number of carbonyl (C=O) groups excluding carboxylic acids is 1. The van der Waals surface area contributed by atoms with Crippen LogP contribution in [0.4, 0.5) is 5.69 Å². The Morgan fingerprint density at radius 1 is 1.50 bits per heavy atom. The number of carbonyl (C=O) groups is 1. The Kier molecular flexibility index (Phi) is 4.58. The SMILES string of the molecule is Cl.NCCC(=O)Nc1ccc2c(c1)CCO2. The molecule has 0 atom stereocenters. The lowest BCUT2D eigenvalue weighted by molar-refractivity contribution is -0.116. The van der Waals surface area contributed by atoms with Crippen LogP contribution in [0.3, 0.4) is 0 Å². The van der Waals surface area contributed by atoms with Crippen LogP contribution in [0.25, 0.3) is 0 Å². The first-order valence-electron chi connectivity index (χ1n) is 5.05. The first kappa shape index (κ1) is 12.8. The smallest absolute Gasteiger partial charge is 0.225 e. The number of fused-ring (bicyclic) bond motifs is 1. The van der Waals surface area contributed by atoms with Crippen LogP contribution in [-0.4, -0.2) is 19.1 Å². The third-order valence-corrected chi connectivity index (χ3v) is 2.34. The second-order valence-electron chi connectivity index (χ2n) is 3.51. The van der Waals surface area contributed by atoms with Gasteiger partial charge in [-0.05, 0) is 23.8 Å². The van der Waals surface area contributed by atoms with Crippen molar-refractivity contribution < 1.29 is 9.53 Å². The Morgan fingerprint density at radius 2 is 2.31 bits per heavy atom. The molecule has 0 fully saturated rings. The van der Waals surface area contributed by atoms with Crippen molar-refractivity contribution in [3.63, 3.8) is 0 Å². The topological polar surface area (TPSA) is 64.4 Å². The average Bonchev–Trinajstić information content (AvgIpc) is 2.65. The van der Waals surface area contributed by atoms with Crippen LogP contribution in [0, 0.1) is 0 Å². The predicted molar refractivity (Wildman–Crippen MR) is 65.2 cm³/mol. The number of halogens is 1. The molecule has 1 aliphatic heterocycles. The Labute approximate surface area is 101 Å². The second-order valence-corrected chi connectivity index (χ2v) is 3.51. The Morgan fingerprint density at radius 3 is 3.06 bits per heavy atom. The fourth-order valence-electron chi connectivity index (χ4n) is 1.62. The van der Waals surface area contributed by atoms with Crippen LogP contribution < -0.4 is 15.8 Å². The molecule has 0 unspecified atom stereocenters. The van der Waals surface area contributed by atoms with Crippen LogP contribution in [0.2, 0.25) is 0 Å². The minimum absolute atomic E-state index is 0. The number of nitrogens with two attached hydrogens (primary N) is 1. The highest BCUT2D eigenvalue weighted by molar-refractivity contribution is 5.91. The fourth-order valence-corrected chi connectivity index (χ4v) is 1.62. The van der Waals surface area contributed by atoms with Gasteiger partial charge >= 0.3 is 0 Å². The van der Waals surface area contributed by atoms with Gasteiger partial charge in [0.2, 0.25) is 5.91 Å². The fraction of sp³-hybridized carbons (Fsp3) is 0.364. The maximum absolute atomic E-state index is 11.3. The standard InChI is InChI=1S/C11H14N2O2.ClH/c12-5-3-11(14)13-9-1-2-10-8(7-9)4-6-15-10;/h1-2,7H,3-6,12H2,(H,13,14);1H. The average molecular weight is 243 g/mol. The quantitative estimate of drug-likeness (QED) is 0.841. The van der Waals surface area contributed by atoms with Gasteiger partial charge in [-0.1, -0.05) is 0 Å². The second kappa shape index (κ2) is 5.72. The highest BCUT2D eigenvalue weighted by Crippen LogP contribution is 2.27. The van der Waals surface area contributed by atoms with Crippen LogP contribution in [0.5, 0.6) is 5.75 Å². The molecular weight excluding hydrogens is 228 g/mol. The van der Waals surface area contributed by atoms with Crippen molar-refractivity contribution in [3.05, 3.63) is 23.8 Å². The predicted octanol–water partition coefficient (Wildman–Crippen LogP) is 1.33. The summed E-state index contributed by atoms with van der Waals surface area (Å²) >= 11 is 0. The first-order chi connectivity index (χ1) is 7.29. The summed E-state index contributed by atoms with van der Waals surface area (Å²) in [5.41, 5.74) is 7.26. The molecule has 0 bridgehead atoms. The molecule has 88 valence electrons. The Bertz CT molecular complexity index is 382. The minimum atomic E-state index is -0.0450. The summed E-state index contributed by atoms with van der Waals surface area (Å²) in [6.07, 6.45) is 1.27. The van der Waals surface area contributed by atoms with Gasteiger partial charge in [-0.3, -0.25) is 4.79 Å². The molecule has 2 rings (SSSR count). The lowest BCUT2D eigenvalue weighted by Crippen LogP contribution is -2.16. The maximum atomic E-state index is 11.3. The Hall–Kier alpha value is -1.26. The number of hydrogen-bond acceptors (Lipinski definition) is 3. The molecule has 1 amide bonds. The third kappa shape index (κ3) is 2.87. The molecule has 1 aliphatic rings. The molecule has 0 aromatic heterocycles. The number of benzene rings is 1. The van der Waals surface area contributed by atoms with Crippen molar-refractivity contribution in [2.75, 3.05) is 18.5 Å². The summed E-state index contributed by atoms with van der Waals surface area (Å²) in [7, 11) is 0. The maximum Gasteiger partial charge on any atom is 0.225 e. The van der Waals surface area contributed by atoms with Crippen LogP contribution in [-0.2, 0) is 11.2 Å². The van der Waals surface area contributed by atoms with Crippen molar-refractivity contribution in [3.8, 4) is 5.75 Å². The molecule has 16 heavy (non-hydrogen) atoms. The molecule has 1 aromatic carbocycles. The number of rotatable bonds is 3. The number of nitrogens with one attached hydrogen (secondary N) is 1. The number of hydrogen-bond donors (Lipinski definition) is 2. The van der Waals surface area contributed by atoms with Gasteiger partial charge in [0.05, 0.1) is 6.61 Å². The highest BCUT2D eigenvalue weighted by Gasteiger charge is 2.12. The van der Waals surface area contributed by atoms with Crippen molar-refractivity contribution in [2.24, 2.45) is 5.73 Å². The number of anilines is 1. The summed E-state index contributed by atoms with van der Waals surface area (Å²) < 4.78 is 5.37. The number of ether oxygens (including phenoxy) is 1. The summed E-state index contributed by atoms with van der Waals surface area (Å²) in [6, 6.07) is 5.69. The molecule has 0 aliphatic carbocycles. The lowest BCUT2D eigenvalue weighted by atomic mass is 10.1. The van der Waals surface area contributed by atoms with E-state index in [2.05, 4.69) is 5.32 Å². The molecule has 4 nitrogen and oxygen atoms in total. The molecular formula is C11H15ClN2O2. The van der Waals surface area contributed by atoms with Crippen molar-refractivity contribution in [2.45, 2.75) is 12.8 Å². The molecule has 1 heterocycles. The van der Waals surface area contributed by atoms with Gasteiger partial charge in [0.1, 0.15) is 5.75 Å². The first-order valence-corrected chi connectivity index (χ1v) is 5.05. The van der Waals surface area contributed by atoms with Gasteiger partial charge in [0.25, 0.3) is 0 Å². The zero-order valence-electron chi connectivity index (χ0n) is 8.86. The molecule has 0 saturated carbocycles. The normalized spacial score (nSPS) is 12.3. The molecule has 0 radical (unpaired) electrons. The molecule has 5 heteroatoms. The van der Waals surface area contributed by atoms with E-state index in [0.717, 1.165) is 30.0 Å². The van der Waals surface area contributed by atoms with Gasteiger partial charge in [-0.15, -0.1) is 12.4 Å². The summed E-state index contributed by atoms with van der Waals surface area (Å²) in [5, 5.41) is 2.80. The van der Waals surface area contributed by atoms with Crippen LogP contribution >= 0.6 is 12.4 Å². The zero-order valence-corrected chi connectivity index (χ0v) is 9.68. The summed E-state index contributed by atoms with van der Waals surface area (Å²) in [4.78, 5) is 11.3. The molecule has 1 aromatic rings. The monoisotopic (exact) mass is 242 g/mol. The minimum Gasteiger partial charge on any atom is -0.493 e. The van der Waals surface area contributed by atoms with Crippen molar-refractivity contribution in [1.29, 1.82) is 0 Å². The van der Waals surface area contributed by atoms with E-state index in [0.29, 0.717) is 13.0 Å². The van der Waals surface area contributed by atoms with Crippen molar-refractivity contribution in [1.82, 2.24) is 0 Å². The molecule has 0 spiro atoms. The van der Waals surface area contributed by atoms with E-state index in [4.69, 9.17) is 10.5 Å². The van der Waals surface area contributed by atoms with E-state index in [1.54, 1.807) is 0 Å². The van der Waals surface area contributed by atoms with Crippen LogP contribution in [0.1, 0.15) is 12.0 Å². The van der Waals surface area contributed by atoms with Crippen LogP contribution in [0.15, 0.2) is 18.2 Å². The van der Waals surface area contributed by atoms with Crippen molar-refractivity contribution >= 4 is 24.0 Å². The Balaban J connectivity index is 0.00000128. The summed E-state index contributed by atoms with van der Waals surface area (Å²) in [5.74, 6) is 0.878. The lowest BCUT2D eigenvalue weighted by Gasteiger charge is -2.05. The van der Waals surface area contributed by atoms with E-state index in [9.17, 15) is 4.79 Å². The summed E-state index contributed by atoms with van der Waals surface area (Å²) in [6.45, 7) is 1.11. The van der Waals surface area contributed by atoms with Gasteiger partial charge in [-0.25, -0.2) is 0 Å². The number of amides is 1. The van der Waals surface area contributed by atoms with Gasteiger partial charge in [-0.2, -0.15) is 0 Å². The zero-order chi connectivity index (χ0) is 10.7. The molecule has 3 N–H and O–H groups in total. The van der Waals surface area contributed by atoms with Gasteiger partial charge in [0.15, 0.2) is 0 Å². The largest absolute Gasteiger partial charge is 0.493 e. The molecule has 0 saturated heterocycles. The van der Waals surface area contributed by atoms with E-state index in [1.807, 2.05) is 18.2 Å². The highest BCUT2D eigenvalue weighted by atomic mass is 35.5. The van der Waals surface area contributed by atoms with Gasteiger partial charge < -0.3 is 15.8 Å². The van der Waals surface area contributed by atoms with E-state index in [1.165, 1.54) is 0 Å². The van der Waals surface area contributed by atoms with Gasteiger partial charge in [0, 0.05) is 25.1 Å². The van der Waals surface area contributed by atoms with E-state index < -0.39 is 0 Å². The van der Waals surface area contributed by atoms with E-state index >= 15 is 0 Å². The van der Waals surface area contributed by atoms with E-state index in [-0.39, 0.29) is 18.3 Å². The third-order valence-electron chi connectivity index (χ3n) is 2.34.